The van der Waals surface area contributed by atoms with Crippen LogP contribution in [-0.4, -0.2) is 77.6 Å². The van der Waals surface area contributed by atoms with Crippen LogP contribution in [0.4, 0.5) is 13.2 Å². The molecule has 158 valence electrons. The minimum absolute atomic E-state index is 0.122. The van der Waals surface area contributed by atoms with Crippen molar-refractivity contribution in [1.82, 2.24) is 20.4 Å². The molecule has 0 bridgehead atoms. The van der Waals surface area contributed by atoms with Gasteiger partial charge in [0.2, 0.25) is 0 Å². The van der Waals surface area contributed by atoms with E-state index in [0.29, 0.717) is 12.2 Å². The Morgan fingerprint density at radius 2 is 1.83 bits per heavy atom. The number of amides is 1. The lowest BCUT2D eigenvalue weighted by Gasteiger charge is -2.26. The maximum absolute atomic E-state index is 12.1. The summed E-state index contributed by atoms with van der Waals surface area (Å²) in [6.45, 7) is 4.87. The number of aliphatic carboxylic acids is 1. The van der Waals surface area contributed by atoms with E-state index in [1.807, 2.05) is 30.3 Å². The molecule has 0 unspecified atom stereocenters. The number of nitrogens with one attached hydrogen (secondary N) is 2. The van der Waals surface area contributed by atoms with Crippen LogP contribution in [0.5, 0.6) is 0 Å². The number of carboxylic acids is 1. The minimum atomic E-state index is -5.08. The highest BCUT2D eigenvalue weighted by Crippen LogP contribution is 2.16. The first kappa shape index (κ1) is 22.4. The topological polar surface area (TPSA) is 108 Å². The Hall–Kier alpha value is -2.92. The number of carbonyl (C=O) groups is 2. The lowest BCUT2D eigenvalue weighted by Crippen LogP contribution is -2.41. The Morgan fingerprint density at radius 1 is 1.21 bits per heavy atom. The van der Waals surface area contributed by atoms with Crippen LogP contribution in [0.25, 0.3) is 11.3 Å². The number of halogens is 3. The van der Waals surface area contributed by atoms with E-state index >= 15 is 0 Å². The highest BCUT2D eigenvalue weighted by molar-refractivity contribution is 5.93. The number of aromatic nitrogens is 2. The quantitative estimate of drug-likeness (QED) is 0.689. The third-order valence-corrected chi connectivity index (χ3v) is 3.95. The number of hydrogen-bond acceptors (Lipinski definition) is 5. The average Bonchev–Trinajstić information content (AvgIpc) is 3.20. The summed E-state index contributed by atoms with van der Waals surface area (Å²) in [7, 11) is 0. The molecule has 29 heavy (non-hydrogen) atoms. The van der Waals surface area contributed by atoms with E-state index in [1.54, 1.807) is 6.07 Å². The molecule has 0 spiro atoms. The minimum Gasteiger partial charge on any atom is -0.475 e. The largest absolute Gasteiger partial charge is 0.490 e. The van der Waals surface area contributed by atoms with E-state index in [2.05, 4.69) is 20.4 Å². The Labute approximate surface area is 164 Å². The summed E-state index contributed by atoms with van der Waals surface area (Å²) in [5.41, 5.74) is 2.26. The van der Waals surface area contributed by atoms with E-state index in [1.165, 1.54) is 0 Å². The van der Waals surface area contributed by atoms with Gasteiger partial charge in [-0.15, -0.1) is 0 Å². The van der Waals surface area contributed by atoms with Crippen molar-refractivity contribution in [2.75, 3.05) is 39.4 Å². The van der Waals surface area contributed by atoms with Crippen molar-refractivity contribution in [1.29, 1.82) is 0 Å². The average molecular weight is 414 g/mol. The van der Waals surface area contributed by atoms with Crippen molar-refractivity contribution in [2.24, 2.45) is 0 Å². The SMILES string of the molecule is O=C(NCCN1CCOCC1)c1cc(-c2ccccc2)n[nH]1.O=C(O)C(F)(F)F. The molecule has 2 heterocycles. The normalized spacial score (nSPS) is 14.6. The van der Waals surface area contributed by atoms with E-state index in [4.69, 9.17) is 14.6 Å². The number of aromatic amines is 1. The molecular weight excluding hydrogens is 393 g/mol. The van der Waals surface area contributed by atoms with Crippen LogP contribution < -0.4 is 5.32 Å². The molecule has 3 rings (SSSR count). The summed E-state index contributed by atoms with van der Waals surface area (Å²) >= 11 is 0. The van der Waals surface area contributed by atoms with Crippen molar-refractivity contribution in [3.05, 3.63) is 42.1 Å². The maximum Gasteiger partial charge on any atom is 0.490 e. The Balaban J connectivity index is 0.000000370. The first-order valence-electron chi connectivity index (χ1n) is 8.76. The number of ether oxygens (including phenoxy) is 1. The lowest BCUT2D eigenvalue weighted by molar-refractivity contribution is -0.192. The molecular formula is C18H21F3N4O4. The lowest BCUT2D eigenvalue weighted by atomic mass is 10.1. The molecule has 1 aliphatic rings. The molecule has 1 fully saturated rings. The molecule has 0 saturated carbocycles. The van der Waals surface area contributed by atoms with Crippen LogP contribution in [0.1, 0.15) is 10.5 Å². The zero-order valence-electron chi connectivity index (χ0n) is 15.4. The van der Waals surface area contributed by atoms with Gasteiger partial charge in [0.25, 0.3) is 5.91 Å². The second-order valence-corrected chi connectivity index (χ2v) is 6.05. The number of alkyl halides is 3. The fourth-order valence-corrected chi connectivity index (χ4v) is 2.44. The highest BCUT2D eigenvalue weighted by Gasteiger charge is 2.38. The Kier molecular flexibility index (Phi) is 8.16. The van der Waals surface area contributed by atoms with Crippen molar-refractivity contribution < 1.29 is 32.6 Å². The molecule has 1 aromatic heterocycles. The van der Waals surface area contributed by atoms with Gasteiger partial charge in [0.1, 0.15) is 5.69 Å². The number of nitrogens with zero attached hydrogens (tertiary/aromatic N) is 2. The molecule has 2 aromatic rings. The van der Waals surface area contributed by atoms with E-state index in [9.17, 15) is 18.0 Å². The number of morpholine rings is 1. The zero-order valence-corrected chi connectivity index (χ0v) is 15.4. The van der Waals surface area contributed by atoms with Crippen LogP contribution in [-0.2, 0) is 9.53 Å². The van der Waals surface area contributed by atoms with Gasteiger partial charge >= 0.3 is 12.1 Å². The smallest absolute Gasteiger partial charge is 0.475 e. The van der Waals surface area contributed by atoms with Crippen LogP contribution >= 0.6 is 0 Å². The second-order valence-electron chi connectivity index (χ2n) is 6.05. The summed E-state index contributed by atoms with van der Waals surface area (Å²) in [4.78, 5) is 23.3. The van der Waals surface area contributed by atoms with Crippen LogP contribution in [0.2, 0.25) is 0 Å². The van der Waals surface area contributed by atoms with Gasteiger partial charge in [0.15, 0.2) is 0 Å². The molecule has 1 saturated heterocycles. The number of benzene rings is 1. The number of hydrogen-bond donors (Lipinski definition) is 3. The van der Waals surface area contributed by atoms with E-state index in [-0.39, 0.29) is 5.91 Å². The summed E-state index contributed by atoms with van der Waals surface area (Å²) in [6, 6.07) is 11.6. The summed E-state index contributed by atoms with van der Waals surface area (Å²) in [5, 5.41) is 17.0. The van der Waals surface area contributed by atoms with E-state index in [0.717, 1.165) is 44.1 Å². The molecule has 1 aliphatic heterocycles. The molecule has 8 nitrogen and oxygen atoms in total. The van der Waals surface area contributed by atoms with Gasteiger partial charge in [-0.2, -0.15) is 18.3 Å². The first-order chi connectivity index (χ1) is 13.8. The molecule has 3 N–H and O–H groups in total. The number of rotatable bonds is 5. The fourth-order valence-electron chi connectivity index (χ4n) is 2.44. The van der Waals surface area contributed by atoms with Gasteiger partial charge in [-0.25, -0.2) is 4.79 Å². The van der Waals surface area contributed by atoms with Gasteiger partial charge in [0.05, 0.1) is 18.9 Å². The second kappa shape index (κ2) is 10.6. The van der Waals surface area contributed by atoms with Crippen molar-refractivity contribution >= 4 is 11.9 Å². The molecule has 1 amide bonds. The Bertz CT molecular complexity index is 790. The third-order valence-electron chi connectivity index (χ3n) is 3.95. The van der Waals surface area contributed by atoms with Gasteiger partial charge in [-0.1, -0.05) is 30.3 Å². The molecule has 11 heteroatoms. The van der Waals surface area contributed by atoms with Crippen LogP contribution in [0, 0.1) is 0 Å². The van der Waals surface area contributed by atoms with Crippen molar-refractivity contribution in [3.8, 4) is 11.3 Å². The van der Waals surface area contributed by atoms with E-state index < -0.39 is 12.1 Å². The molecule has 0 aliphatic carbocycles. The highest BCUT2D eigenvalue weighted by atomic mass is 19.4. The monoisotopic (exact) mass is 414 g/mol. The van der Waals surface area contributed by atoms with Gasteiger partial charge in [-0.05, 0) is 6.07 Å². The van der Waals surface area contributed by atoms with Crippen molar-refractivity contribution in [3.63, 3.8) is 0 Å². The number of carbonyl (C=O) groups excluding carboxylic acids is 1. The first-order valence-corrected chi connectivity index (χ1v) is 8.76. The predicted octanol–water partition coefficient (Wildman–Crippen LogP) is 1.77. The summed E-state index contributed by atoms with van der Waals surface area (Å²) in [6.07, 6.45) is -5.08. The van der Waals surface area contributed by atoms with Crippen LogP contribution in [0.3, 0.4) is 0 Å². The van der Waals surface area contributed by atoms with Gasteiger partial charge in [0, 0.05) is 31.7 Å². The Morgan fingerprint density at radius 3 is 2.41 bits per heavy atom. The van der Waals surface area contributed by atoms with Crippen LogP contribution in [0.15, 0.2) is 36.4 Å². The number of H-pyrrole nitrogens is 1. The van der Waals surface area contributed by atoms with Gasteiger partial charge < -0.3 is 15.2 Å². The summed E-state index contributed by atoms with van der Waals surface area (Å²) < 4.78 is 37.0. The molecule has 0 atom stereocenters. The van der Waals surface area contributed by atoms with Gasteiger partial charge in [-0.3, -0.25) is 14.8 Å². The predicted molar refractivity (Wildman–Crippen MR) is 97.3 cm³/mol. The van der Waals surface area contributed by atoms with Crippen molar-refractivity contribution in [2.45, 2.75) is 6.18 Å². The number of carboxylic acid groups (broad SMARTS) is 1. The molecule has 0 radical (unpaired) electrons. The standard InChI is InChI=1S/C16H20N4O2.C2HF3O2/c21-16(17-6-7-20-8-10-22-11-9-20)15-12-14(18-19-15)13-4-2-1-3-5-13;3-2(4,5)1(6)7/h1-5,12H,6-11H2,(H,17,21)(H,18,19);(H,6,7). The molecule has 1 aromatic carbocycles. The zero-order chi connectivity index (χ0) is 21.3. The fraction of sp³-hybridized carbons (Fsp3) is 0.389. The third kappa shape index (κ3) is 7.54. The summed E-state index contributed by atoms with van der Waals surface area (Å²) in [5.74, 6) is -2.88. The maximum atomic E-state index is 12.1.